The number of esters is 1. The van der Waals surface area contributed by atoms with Crippen molar-refractivity contribution in [2.75, 3.05) is 13.4 Å². The zero-order chi connectivity index (χ0) is 18.1. The number of hydrogen-bond acceptors (Lipinski definition) is 4. The molecule has 2 aromatic carbocycles. The van der Waals surface area contributed by atoms with E-state index in [-0.39, 0.29) is 10.8 Å². The number of carbonyl (C=O) groups excluding carboxylic acids is 1. The molecule has 128 valence electrons. The van der Waals surface area contributed by atoms with Crippen molar-refractivity contribution in [1.82, 2.24) is 0 Å². The number of methoxy groups -OCH3 is 1. The van der Waals surface area contributed by atoms with Crippen LogP contribution in [0.4, 0.5) is 0 Å². The molecule has 2 aromatic rings. The molecule has 0 saturated carbocycles. The van der Waals surface area contributed by atoms with Crippen LogP contribution in [0.2, 0.25) is 0 Å². The summed E-state index contributed by atoms with van der Waals surface area (Å²) in [6, 6.07) is 10.9. The molecule has 0 saturated heterocycles. The maximum atomic E-state index is 12.3. The Labute approximate surface area is 143 Å². The zero-order valence-corrected chi connectivity index (χ0v) is 15.4. The van der Waals surface area contributed by atoms with Crippen LogP contribution in [-0.4, -0.2) is 27.8 Å². The third kappa shape index (κ3) is 3.67. The molecule has 0 bridgehead atoms. The van der Waals surface area contributed by atoms with E-state index in [1.807, 2.05) is 45.0 Å². The molecule has 4 nitrogen and oxygen atoms in total. The number of ether oxygens (including phenoxy) is 1. The third-order valence-electron chi connectivity index (χ3n) is 3.94. The van der Waals surface area contributed by atoms with Crippen molar-refractivity contribution in [3.8, 4) is 11.1 Å². The van der Waals surface area contributed by atoms with E-state index >= 15 is 0 Å². The molecule has 0 fully saturated rings. The fourth-order valence-corrected chi connectivity index (χ4v) is 3.53. The molecule has 0 N–H and O–H groups in total. The number of carbonyl (C=O) groups is 1. The Balaban J connectivity index is 2.84. The Morgan fingerprint density at radius 1 is 1.08 bits per heavy atom. The van der Waals surface area contributed by atoms with Gasteiger partial charge in [-0.25, -0.2) is 13.2 Å². The van der Waals surface area contributed by atoms with Crippen molar-refractivity contribution in [3.05, 3.63) is 53.1 Å². The predicted octanol–water partition coefficient (Wildman–Crippen LogP) is 3.98. The molecule has 0 atom stereocenters. The smallest absolute Gasteiger partial charge is 0.338 e. The first-order valence-electron chi connectivity index (χ1n) is 7.68. The van der Waals surface area contributed by atoms with Gasteiger partial charge in [-0.1, -0.05) is 43.7 Å². The fraction of sp³-hybridized carbons (Fsp3) is 0.316. The van der Waals surface area contributed by atoms with Gasteiger partial charge in [0.25, 0.3) is 0 Å². The molecule has 0 heterocycles. The summed E-state index contributed by atoms with van der Waals surface area (Å²) in [6.45, 7) is 5.89. The van der Waals surface area contributed by atoms with Crippen LogP contribution in [0.1, 0.15) is 41.3 Å². The molecule has 0 aliphatic carbocycles. The lowest BCUT2D eigenvalue weighted by molar-refractivity contribution is 0.0599. The summed E-state index contributed by atoms with van der Waals surface area (Å²) < 4.78 is 29.4. The Hall–Kier alpha value is -2.14. The predicted molar refractivity (Wildman–Crippen MR) is 95.2 cm³/mol. The third-order valence-corrected chi connectivity index (χ3v) is 5.08. The van der Waals surface area contributed by atoms with Crippen LogP contribution in [0.3, 0.4) is 0 Å². The van der Waals surface area contributed by atoms with Gasteiger partial charge in [0.2, 0.25) is 0 Å². The Morgan fingerprint density at radius 3 is 2.12 bits per heavy atom. The lowest BCUT2D eigenvalue weighted by Crippen LogP contribution is -2.11. The van der Waals surface area contributed by atoms with Crippen LogP contribution in [0, 0.1) is 6.92 Å². The minimum Gasteiger partial charge on any atom is -0.465 e. The highest BCUT2D eigenvalue weighted by atomic mass is 32.2. The molecule has 0 aliphatic rings. The number of rotatable bonds is 4. The second-order valence-corrected chi connectivity index (χ2v) is 8.20. The van der Waals surface area contributed by atoms with Gasteiger partial charge in [-0.3, -0.25) is 0 Å². The first kappa shape index (κ1) is 18.2. The lowest BCUT2D eigenvalue weighted by Gasteiger charge is -2.17. The number of hydrogen-bond donors (Lipinski definition) is 0. The standard InChI is InChI=1S/C19H22O4S/c1-12(2)15-10-16(14-8-6-13(3)7-9-14)18(24(5,21)22)11-17(15)19(20)23-4/h6-12H,1-5H3. The van der Waals surface area contributed by atoms with E-state index in [4.69, 9.17) is 4.74 Å². The van der Waals surface area contributed by atoms with E-state index in [1.165, 1.54) is 13.2 Å². The van der Waals surface area contributed by atoms with Crippen LogP contribution < -0.4 is 0 Å². The Bertz CT molecular complexity index is 863. The van der Waals surface area contributed by atoms with E-state index in [2.05, 4.69) is 0 Å². The van der Waals surface area contributed by atoms with E-state index in [9.17, 15) is 13.2 Å². The normalized spacial score (nSPS) is 11.6. The van der Waals surface area contributed by atoms with Crippen molar-refractivity contribution >= 4 is 15.8 Å². The van der Waals surface area contributed by atoms with Gasteiger partial charge in [0.15, 0.2) is 9.84 Å². The van der Waals surface area contributed by atoms with Crippen molar-refractivity contribution in [2.24, 2.45) is 0 Å². The summed E-state index contributed by atoms with van der Waals surface area (Å²) in [7, 11) is -2.21. The molecule has 0 amide bonds. The van der Waals surface area contributed by atoms with E-state index in [0.29, 0.717) is 11.1 Å². The van der Waals surface area contributed by atoms with Crippen LogP contribution >= 0.6 is 0 Å². The summed E-state index contributed by atoms with van der Waals surface area (Å²) in [6.07, 6.45) is 1.15. The highest BCUT2D eigenvalue weighted by Gasteiger charge is 2.23. The van der Waals surface area contributed by atoms with Crippen molar-refractivity contribution in [2.45, 2.75) is 31.6 Å². The number of aryl methyl sites for hydroxylation is 1. The summed E-state index contributed by atoms with van der Waals surface area (Å²) in [5, 5.41) is 0. The maximum Gasteiger partial charge on any atom is 0.338 e. The van der Waals surface area contributed by atoms with Gasteiger partial charge >= 0.3 is 5.97 Å². The fourth-order valence-electron chi connectivity index (χ4n) is 2.63. The lowest BCUT2D eigenvalue weighted by atomic mass is 9.92. The number of benzene rings is 2. The van der Waals surface area contributed by atoms with Gasteiger partial charge in [0.05, 0.1) is 17.6 Å². The van der Waals surface area contributed by atoms with Crippen LogP contribution in [0.25, 0.3) is 11.1 Å². The molecular weight excluding hydrogens is 324 g/mol. The van der Waals surface area contributed by atoms with Gasteiger partial charge in [-0.15, -0.1) is 0 Å². The molecule has 2 rings (SSSR count). The van der Waals surface area contributed by atoms with Crippen molar-refractivity contribution in [3.63, 3.8) is 0 Å². The second-order valence-electron chi connectivity index (χ2n) is 6.22. The van der Waals surface area contributed by atoms with Crippen LogP contribution in [-0.2, 0) is 14.6 Å². The first-order valence-corrected chi connectivity index (χ1v) is 9.57. The molecule has 0 aromatic heterocycles. The molecular formula is C19H22O4S. The van der Waals surface area contributed by atoms with Crippen molar-refractivity contribution in [1.29, 1.82) is 0 Å². The SMILES string of the molecule is COC(=O)c1cc(S(C)(=O)=O)c(-c2ccc(C)cc2)cc1C(C)C. The van der Waals surface area contributed by atoms with Gasteiger partial charge in [-0.05, 0) is 36.1 Å². The molecule has 0 spiro atoms. The monoisotopic (exact) mass is 346 g/mol. The quantitative estimate of drug-likeness (QED) is 0.786. The van der Waals surface area contributed by atoms with Crippen molar-refractivity contribution < 1.29 is 17.9 Å². The highest BCUT2D eigenvalue weighted by Crippen LogP contribution is 2.34. The van der Waals surface area contributed by atoms with Gasteiger partial charge < -0.3 is 4.74 Å². The summed E-state index contributed by atoms with van der Waals surface area (Å²) >= 11 is 0. The molecule has 24 heavy (non-hydrogen) atoms. The largest absolute Gasteiger partial charge is 0.465 e. The van der Waals surface area contributed by atoms with Gasteiger partial charge in [0, 0.05) is 11.8 Å². The molecule has 5 heteroatoms. The topological polar surface area (TPSA) is 60.4 Å². The zero-order valence-electron chi connectivity index (χ0n) is 14.6. The van der Waals surface area contributed by atoms with Crippen LogP contribution in [0.5, 0.6) is 0 Å². The van der Waals surface area contributed by atoms with E-state index < -0.39 is 15.8 Å². The number of sulfone groups is 1. The average Bonchev–Trinajstić information content (AvgIpc) is 2.52. The van der Waals surface area contributed by atoms with Crippen LogP contribution in [0.15, 0.2) is 41.3 Å². The molecule has 0 aliphatic heterocycles. The van der Waals surface area contributed by atoms with Gasteiger partial charge in [-0.2, -0.15) is 0 Å². The highest BCUT2D eigenvalue weighted by molar-refractivity contribution is 7.90. The summed E-state index contributed by atoms with van der Waals surface area (Å²) in [5.41, 5.74) is 3.57. The first-order chi connectivity index (χ1) is 11.1. The van der Waals surface area contributed by atoms with E-state index in [0.717, 1.165) is 22.9 Å². The minimum atomic E-state index is -3.51. The molecule has 0 unspecified atom stereocenters. The molecule has 0 radical (unpaired) electrons. The minimum absolute atomic E-state index is 0.0527. The second kappa shape index (κ2) is 6.77. The maximum absolute atomic E-state index is 12.3. The Morgan fingerprint density at radius 2 is 1.67 bits per heavy atom. The van der Waals surface area contributed by atoms with Gasteiger partial charge in [0.1, 0.15) is 0 Å². The summed E-state index contributed by atoms with van der Waals surface area (Å²) in [4.78, 5) is 12.2. The van der Waals surface area contributed by atoms with E-state index in [1.54, 1.807) is 6.07 Å². The Kier molecular flexibility index (Phi) is 5.13. The average molecular weight is 346 g/mol. The summed E-state index contributed by atoms with van der Waals surface area (Å²) in [5.74, 6) is -0.476.